The number of fused-ring (bicyclic) bond motifs is 7. The van der Waals surface area contributed by atoms with Gasteiger partial charge in [0.2, 0.25) is 0 Å². The molecule has 12 aromatic rings. The average Bonchev–Trinajstić information content (AvgIpc) is 3.90. The molecule has 0 bridgehead atoms. The Morgan fingerprint density at radius 1 is 0.317 bits per heavy atom. The Hall–Kier alpha value is -7.31. The lowest BCUT2D eigenvalue weighted by Crippen LogP contribution is -1.97. The van der Waals surface area contributed by atoms with Crippen molar-refractivity contribution in [3.63, 3.8) is 0 Å². The van der Waals surface area contributed by atoms with Gasteiger partial charge in [-0.15, -0.1) is 22.7 Å². The van der Waals surface area contributed by atoms with Crippen molar-refractivity contribution in [3.8, 4) is 67.3 Å². The predicted octanol–water partition coefficient (Wildman–Crippen LogP) is 15.8. The zero-order chi connectivity index (χ0) is 39.6. The largest absolute Gasteiger partial charge is 0.263 e. The maximum absolute atomic E-state index is 5.40. The van der Waals surface area contributed by atoms with Gasteiger partial charge in [0.05, 0.1) is 11.4 Å². The van der Waals surface area contributed by atoms with Crippen LogP contribution in [-0.2, 0) is 0 Å². The number of hydrogen-bond acceptors (Lipinski definition) is 5. The molecule has 0 N–H and O–H groups in total. The summed E-state index contributed by atoms with van der Waals surface area (Å²) in [5, 5.41) is 7.44. The van der Waals surface area contributed by atoms with Gasteiger partial charge in [-0.25, -0.2) is 9.97 Å². The van der Waals surface area contributed by atoms with Gasteiger partial charge in [0.25, 0.3) is 0 Å². The molecule has 3 nitrogen and oxygen atoms in total. The predicted molar refractivity (Wildman–Crippen MR) is 256 cm³/mol. The summed E-state index contributed by atoms with van der Waals surface area (Å²) in [6, 6.07) is 67.5. The summed E-state index contributed by atoms with van der Waals surface area (Å²) in [5.41, 5.74) is 11.7. The van der Waals surface area contributed by atoms with E-state index < -0.39 is 0 Å². The highest BCUT2D eigenvalue weighted by Gasteiger charge is 2.18. The highest BCUT2D eigenvalue weighted by molar-refractivity contribution is 7.26. The second kappa shape index (κ2) is 14.2. The zero-order valence-electron chi connectivity index (χ0n) is 32.2. The maximum Gasteiger partial charge on any atom is 0.160 e. The minimum Gasteiger partial charge on any atom is -0.263 e. The first-order chi connectivity index (χ1) is 29.7. The molecule has 0 amide bonds. The van der Waals surface area contributed by atoms with Crippen LogP contribution in [0.25, 0.3) is 118 Å². The van der Waals surface area contributed by atoms with E-state index in [0.29, 0.717) is 5.82 Å². The van der Waals surface area contributed by atoms with Crippen LogP contribution < -0.4 is 0 Å². The molecule has 0 aliphatic heterocycles. The van der Waals surface area contributed by atoms with Crippen LogP contribution in [-0.4, -0.2) is 15.0 Å². The van der Waals surface area contributed by atoms with Gasteiger partial charge in [-0.1, -0.05) is 152 Å². The van der Waals surface area contributed by atoms with Gasteiger partial charge in [0.15, 0.2) is 5.82 Å². The van der Waals surface area contributed by atoms with Crippen molar-refractivity contribution < 1.29 is 0 Å². The molecule has 12 rings (SSSR count). The minimum atomic E-state index is 0.684. The molecule has 4 heterocycles. The quantitative estimate of drug-likeness (QED) is 0.168. The number of benzene rings is 8. The fourth-order valence-electron chi connectivity index (χ4n) is 8.66. The van der Waals surface area contributed by atoms with Crippen molar-refractivity contribution in [2.24, 2.45) is 0 Å². The van der Waals surface area contributed by atoms with Gasteiger partial charge in [0.1, 0.15) is 0 Å². The fraction of sp³-hybridized carbons (Fsp3) is 0. The molecule has 0 atom stereocenters. The maximum atomic E-state index is 5.40. The molecule has 0 aliphatic rings. The van der Waals surface area contributed by atoms with Crippen LogP contribution in [0.5, 0.6) is 0 Å². The Bertz CT molecular complexity index is 3470. The monoisotopic (exact) mass is 799 g/mol. The third-order valence-electron chi connectivity index (χ3n) is 11.6. The van der Waals surface area contributed by atoms with Crippen molar-refractivity contribution in [2.75, 3.05) is 0 Å². The van der Waals surface area contributed by atoms with Crippen molar-refractivity contribution >= 4 is 73.8 Å². The van der Waals surface area contributed by atoms with Gasteiger partial charge >= 0.3 is 0 Å². The summed E-state index contributed by atoms with van der Waals surface area (Å²) >= 11 is 3.72. The Morgan fingerprint density at radius 3 is 1.45 bits per heavy atom. The van der Waals surface area contributed by atoms with Crippen LogP contribution in [0.15, 0.2) is 200 Å². The molecule has 0 saturated carbocycles. The van der Waals surface area contributed by atoms with E-state index in [4.69, 9.17) is 9.97 Å². The average molecular weight is 800 g/mol. The Balaban J connectivity index is 1.07. The Labute approximate surface area is 354 Å². The topological polar surface area (TPSA) is 38.7 Å². The normalized spacial score (nSPS) is 11.7. The molecule has 0 unspecified atom stereocenters. The molecule has 0 fully saturated rings. The Morgan fingerprint density at radius 2 is 0.817 bits per heavy atom. The summed E-state index contributed by atoms with van der Waals surface area (Å²) in [5.74, 6) is 0.684. The summed E-state index contributed by atoms with van der Waals surface area (Å²) in [7, 11) is 0. The molecule has 4 aromatic heterocycles. The van der Waals surface area contributed by atoms with E-state index in [0.717, 1.165) is 55.7 Å². The van der Waals surface area contributed by atoms with Gasteiger partial charge in [-0.05, 0) is 69.6 Å². The fourth-order valence-corrected chi connectivity index (χ4v) is 11.1. The van der Waals surface area contributed by atoms with E-state index in [-0.39, 0.29) is 0 Å². The molecule has 8 aromatic carbocycles. The molecule has 0 aliphatic carbocycles. The summed E-state index contributed by atoms with van der Waals surface area (Å²) < 4.78 is 5.14. The van der Waals surface area contributed by atoms with Gasteiger partial charge in [-0.3, -0.25) is 4.98 Å². The number of aromatic nitrogens is 3. The van der Waals surface area contributed by atoms with Crippen molar-refractivity contribution in [2.45, 2.75) is 0 Å². The second-order valence-electron chi connectivity index (χ2n) is 15.2. The molecule has 280 valence electrons. The third-order valence-corrected chi connectivity index (χ3v) is 14.0. The van der Waals surface area contributed by atoms with E-state index >= 15 is 0 Å². The molecule has 60 heavy (non-hydrogen) atoms. The highest BCUT2D eigenvalue weighted by Crippen LogP contribution is 2.45. The van der Waals surface area contributed by atoms with E-state index in [1.54, 1.807) is 0 Å². The molecular weight excluding hydrogens is 767 g/mol. The lowest BCUT2D eigenvalue weighted by atomic mass is 9.94. The van der Waals surface area contributed by atoms with Crippen LogP contribution >= 0.6 is 22.7 Å². The smallest absolute Gasteiger partial charge is 0.160 e. The minimum absolute atomic E-state index is 0.684. The van der Waals surface area contributed by atoms with E-state index in [1.165, 1.54) is 56.9 Å². The molecule has 0 radical (unpaired) electrons. The summed E-state index contributed by atoms with van der Waals surface area (Å²) in [6.07, 6.45) is 3.88. The SMILES string of the molecule is c1ccc(-c2cc(-c3ccc(-c4cncc5ccccc45)cc3)nc(-c3cc(-c4cccc5c4sc4ccccc45)cc(-c4cccc5c4sc4ccccc45)c3)n2)cc1. The molecular formula is C55H33N3S2. The van der Waals surface area contributed by atoms with E-state index in [2.05, 4.69) is 187 Å². The molecule has 0 saturated heterocycles. The van der Waals surface area contributed by atoms with Crippen LogP contribution in [0.2, 0.25) is 0 Å². The zero-order valence-corrected chi connectivity index (χ0v) is 33.8. The van der Waals surface area contributed by atoms with Crippen molar-refractivity contribution in [1.29, 1.82) is 0 Å². The van der Waals surface area contributed by atoms with Gasteiger partial charge < -0.3 is 0 Å². The number of pyridine rings is 1. The molecule has 5 heteroatoms. The van der Waals surface area contributed by atoms with Gasteiger partial charge in [-0.2, -0.15) is 0 Å². The first-order valence-corrected chi connectivity index (χ1v) is 21.7. The number of rotatable bonds is 6. The second-order valence-corrected chi connectivity index (χ2v) is 17.3. The lowest BCUT2D eigenvalue weighted by Gasteiger charge is -2.14. The lowest BCUT2D eigenvalue weighted by molar-refractivity contribution is 1.18. The van der Waals surface area contributed by atoms with Crippen LogP contribution in [0.3, 0.4) is 0 Å². The van der Waals surface area contributed by atoms with Crippen LogP contribution in [0.1, 0.15) is 0 Å². The number of thiophene rings is 2. The Kier molecular flexibility index (Phi) is 8.22. The number of hydrogen-bond donors (Lipinski definition) is 0. The number of nitrogens with zero attached hydrogens (tertiary/aromatic N) is 3. The highest BCUT2D eigenvalue weighted by atomic mass is 32.1. The van der Waals surface area contributed by atoms with Crippen molar-refractivity contribution in [1.82, 2.24) is 15.0 Å². The standard InChI is InChI=1S/C55H33N3S2/c1-2-12-35(13-3-1)49-31-50(36-26-24-34(25-27-36)48-33-56-32-37-14-4-5-15-41(37)48)58-55(57-49)40-29-38(42-18-10-20-46-44-16-6-8-22-51(44)59-53(42)46)28-39(30-40)43-19-11-21-47-45-17-7-9-23-52(45)60-54(43)47/h1-33H. The van der Waals surface area contributed by atoms with Crippen molar-refractivity contribution in [3.05, 3.63) is 200 Å². The van der Waals surface area contributed by atoms with E-state index in [9.17, 15) is 0 Å². The van der Waals surface area contributed by atoms with E-state index in [1.807, 2.05) is 41.1 Å². The first-order valence-electron chi connectivity index (χ1n) is 20.1. The summed E-state index contributed by atoms with van der Waals surface area (Å²) in [4.78, 5) is 15.3. The molecule has 0 spiro atoms. The van der Waals surface area contributed by atoms with Crippen LogP contribution in [0, 0.1) is 0 Å². The third kappa shape index (κ3) is 5.90. The van der Waals surface area contributed by atoms with Crippen LogP contribution in [0.4, 0.5) is 0 Å². The first kappa shape index (κ1) is 34.7. The van der Waals surface area contributed by atoms with Gasteiger partial charge in [0, 0.05) is 80.4 Å². The summed E-state index contributed by atoms with van der Waals surface area (Å²) in [6.45, 7) is 0.